The summed E-state index contributed by atoms with van der Waals surface area (Å²) in [4.78, 5) is 14.5. The maximum Gasteiger partial charge on any atom is 0.225 e. The molecule has 2 unspecified atom stereocenters. The van der Waals surface area contributed by atoms with Gasteiger partial charge in [-0.15, -0.1) is 0 Å². The Morgan fingerprint density at radius 3 is 2.18 bits per heavy atom. The fourth-order valence-electron chi connectivity index (χ4n) is 3.14. The molecule has 98 valence electrons. The van der Waals surface area contributed by atoms with E-state index in [0.29, 0.717) is 18.1 Å². The summed E-state index contributed by atoms with van der Waals surface area (Å²) in [6, 6.07) is 1.77. The molecule has 0 aromatic rings. The van der Waals surface area contributed by atoms with Gasteiger partial charge in [0.1, 0.15) is 0 Å². The first-order valence-electron chi connectivity index (χ1n) is 6.91. The first-order chi connectivity index (χ1) is 7.88. The summed E-state index contributed by atoms with van der Waals surface area (Å²) in [5.41, 5.74) is -0.265. The van der Waals surface area contributed by atoms with Crippen LogP contribution in [0.5, 0.6) is 0 Å². The van der Waals surface area contributed by atoms with E-state index in [1.54, 1.807) is 0 Å². The van der Waals surface area contributed by atoms with E-state index in [2.05, 4.69) is 17.3 Å². The molecule has 3 nitrogen and oxygen atoms in total. The van der Waals surface area contributed by atoms with Crippen LogP contribution in [-0.4, -0.2) is 36.0 Å². The molecule has 0 aromatic heterocycles. The van der Waals surface area contributed by atoms with Gasteiger partial charge in [0.2, 0.25) is 5.91 Å². The quantitative estimate of drug-likeness (QED) is 0.759. The number of carbonyl (C=O) groups excluding carboxylic acids is 1. The van der Waals surface area contributed by atoms with Gasteiger partial charge in [0.05, 0.1) is 0 Å². The van der Waals surface area contributed by atoms with Crippen LogP contribution >= 0.6 is 0 Å². The summed E-state index contributed by atoms with van der Waals surface area (Å²) in [6.45, 7) is 5.95. The smallest absolute Gasteiger partial charge is 0.225 e. The summed E-state index contributed by atoms with van der Waals surface area (Å²) in [5.74, 6) is 0.199. The van der Waals surface area contributed by atoms with E-state index in [-0.39, 0.29) is 11.3 Å². The van der Waals surface area contributed by atoms with Crippen molar-refractivity contribution in [2.75, 3.05) is 7.05 Å². The molecule has 2 aliphatic heterocycles. The van der Waals surface area contributed by atoms with Crippen LogP contribution in [0.25, 0.3) is 0 Å². The molecule has 2 saturated heterocycles. The number of hydrogen-bond donors (Lipinski definition) is 1. The number of nitrogens with zero attached hydrogens (tertiary/aromatic N) is 1. The lowest BCUT2D eigenvalue weighted by Gasteiger charge is -2.47. The van der Waals surface area contributed by atoms with Gasteiger partial charge in [-0.05, 0) is 32.7 Å². The van der Waals surface area contributed by atoms with Crippen LogP contribution in [0.3, 0.4) is 0 Å². The highest BCUT2D eigenvalue weighted by Crippen LogP contribution is 2.32. The van der Waals surface area contributed by atoms with Crippen LogP contribution in [0.15, 0.2) is 0 Å². The average Bonchev–Trinajstić information content (AvgIpc) is 2.18. The third-order valence-electron chi connectivity index (χ3n) is 4.36. The van der Waals surface area contributed by atoms with Gasteiger partial charge in [-0.25, -0.2) is 0 Å². The van der Waals surface area contributed by atoms with Crippen LogP contribution in [0.4, 0.5) is 0 Å². The minimum atomic E-state index is -0.265. The van der Waals surface area contributed by atoms with Gasteiger partial charge in [-0.3, -0.25) is 4.79 Å². The summed E-state index contributed by atoms with van der Waals surface area (Å²) < 4.78 is 0. The molecule has 2 heterocycles. The largest absolute Gasteiger partial charge is 0.353 e. The van der Waals surface area contributed by atoms with E-state index in [4.69, 9.17) is 0 Å². The Kier molecular flexibility index (Phi) is 3.48. The van der Waals surface area contributed by atoms with Gasteiger partial charge in [0.15, 0.2) is 0 Å². The number of fused-ring (bicyclic) bond motifs is 2. The number of carbonyl (C=O) groups is 1. The van der Waals surface area contributed by atoms with Crippen molar-refractivity contribution >= 4 is 5.91 Å². The molecule has 2 bridgehead atoms. The van der Waals surface area contributed by atoms with Crippen molar-refractivity contribution < 1.29 is 4.79 Å². The molecular formula is C14H26N2O. The Bertz CT molecular complexity index is 281. The van der Waals surface area contributed by atoms with Crippen LogP contribution < -0.4 is 5.32 Å². The second-order valence-corrected chi connectivity index (χ2v) is 6.80. The lowest BCUT2D eigenvalue weighted by atomic mass is 9.82. The fraction of sp³-hybridized carbons (Fsp3) is 0.929. The maximum atomic E-state index is 12.0. The second kappa shape index (κ2) is 4.60. The minimum Gasteiger partial charge on any atom is -0.353 e. The van der Waals surface area contributed by atoms with Crippen molar-refractivity contribution in [2.24, 2.45) is 5.41 Å². The Morgan fingerprint density at radius 1 is 1.18 bits per heavy atom. The van der Waals surface area contributed by atoms with Crippen molar-refractivity contribution in [3.8, 4) is 0 Å². The van der Waals surface area contributed by atoms with Gasteiger partial charge in [0.25, 0.3) is 0 Å². The van der Waals surface area contributed by atoms with Crippen molar-refractivity contribution in [3.63, 3.8) is 0 Å². The van der Waals surface area contributed by atoms with Crippen molar-refractivity contribution in [2.45, 2.75) is 71.0 Å². The summed E-state index contributed by atoms with van der Waals surface area (Å²) in [5, 5.41) is 3.24. The van der Waals surface area contributed by atoms with Gasteiger partial charge >= 0.3 is 0 Å². The molecule has 2 atom stereocenters. The third-order valence-corrected chi connectivity index (χ3v) is 4.36. The standard InChI is InChI=1S/C14H26N2O/c1-14(2,3)13(17)15-10-8-11-6-5-7-12(9-10)16(11)4/h10-12H,5-9H2,1-4H3,(H,15,17). The predicted octanol–water partition coefficient (Wildman–Crippen LogP) is 2.16. The Hall–Kier alpha value is -0.570. The molecule has 0 aliphatic carbocycles. The number of rotatable bonds is 1. The highest BCUT2D eigenvalue weighted by Gasteiger charge is 2.37. The van der Waals surface area contributed by atoms with E-state index in [1.807, 2.05) is 20.8 Å². The SMILES string of the molecule is CN1C2CCCC1CC(NC(=O)C(C)(C)C)C2. The van der Waals surface area contributed by atoms with Crippen LogP contribution in [0.1, 0.15) is 52.9 Å². The molecule has 3 heteroatoms. The van der Waals surface area contributed by atoms with Gasteiger partial charge in [0, 0.05) is 23.5 Å². The number of piperidine rings is 2. The third kappa shape index (κ3) is 2.82. The Balaban J connectivity index is 1.94. The summed E-state index contributed by atoms with van der Waals surface area (Å²) in [7, 11) is 2.25. The zero-order valence-corrected chi connectivity index (χ0v) is 11.6. The Labute approximate surface area is 105 Å². The summed E-state index contributed by atoms with van der Waals surface area (Å²) >= 11 is 0. The molecule has 0 spiro atoms. The molecule has 1 N–H and O–H groups in total. The van der Waals surface area contributed by atoms with Gasteiger partial charge < -0.3 is 10.2 Å². The molecule has 0 aromatic carbocycles. The molecular weight excluding hydrogens is 212 g/mol. The van der Waals surface area contributed by atoms with Gasteiger partial charge in [-0.1, -0.05) is 27.2 Å². The van der Waals surface area contributed by atoms with Crippen LogP contribution in [0.2, 0.25) is 0 Å². The van der Waals surface area contributed by atoms with E-state index in [9.17, 15) is 4.79 Å². The van der Waals surface area contributed by atoms with E-state index < -0.39 is 0 Å². The minimum absolute atomic E-state index is 0.199. The van der Waals surface area contributed by atoms with Crippen molar-refractivity contribution in [1.29, 1.82) is 0 Å². The fourth-order valence-corrected chi connectivity index (χ4v) is 3.14. The Morgan fingerprint density at radius 2 is 1.71 bits per heavy atom. The van der Waals surface area contributed by atoms with E-state index in [1.165, 1.54) is 19.3 Å². The highest BCUT2D eigenvalue weighted by molar-refractivity contribution is 5.81. The molecule has 2 aliphatic rings. The number of nitrogens with one attached hydrogen (secondary N) is 1. The average molecular weight is 238 g/mol. The van der Waals surface area contributed by atoms with Crippen molar-refractivity contribution in [1.82, 2.24) is 10.2 Å². The highest BCUT2D eigenvalue weighted by atomic mass is 16.2. The van der Waals surface area contributed by atoms with Crippen LogP contribution in [0, 0.1) is 5.41 Å². The predicted molar refractivity (Wildman–Crippen MR) is 69.8 cm³/mol. The normalized spacial score (nSPS) is 34.5. The zero-order chi connectivity index (χ0) is 12.6. The van der Waals surface area contributed by atoms with E-state index >= 15 is 0 Å². The topological polar surface area (TPSA) is 32.3 Å². The maximum absolute atomic E-state index is 12.0. The molecule has 2 fully saturated rings. The number of amides is 1. The van der Waals surface area contributed by atoms with Crippen molar-refractivity contribution in [3.05, 3.63) is 0 Å². The monoisotopic (exact) mass is 238 g/mol. The zero-order valence-electron chi connectivity index (χ0n) is 11.6. The van der Waals surface area contributed by atoms with Crippen LogP contribution in [-0.2, 0) is 4.79 Å². The first kappa shape index (κ1) is 12.9. The molecule has 17 heavy (non-hydrogen) atoms. The molecule has 1 amide bonds. The number of hydrogen-bond acceptors (Lipinski definition) is 2. The lowest BCUT2D eigenvalue weighted by molar-refractivity contribution is -0.130. The lowest BCUT2D eigenvalue weighted by Crippen LogP contribution is -2.56. The van der Waals surface area contributed by atoms with E-state index in [0.717, 1.165) is 12.8 Å². The first-order valence-corrected chi connectivity index (χ1v) is 6.91. The second-order valence-electron chi connectivity index (χ2n) is 6.80. The summed E-state index contributed by atoms with van der Waals surface area (Å²) in [6.07, 6.45) is 6.23. The van der Waals surface area contributed by atoms with Gasteiger partial charge in [-0.2, -0.15) is 0 Å². The molecule has 0 saturated carbocycles. The molecule has 2 rings (SSSR count). The molecule has 0 radical (unpaired) electrons.